The molecule has 0 bridgehead atoms. The molecule has 0 heterocycles. The Bertz CT molecular complexity index is 424. The molecule has 0 amide bonds. The average Bonchev–Trinajstić information content (AvgIpc) is 2.20. The molecule has 2 aromatic carbocycles. The van der Waals surface area contributed by atoms with E-state index in [-0.39, 0.29) is 52.1 Å². The molecule has 0 aliphatic heterocycles. The van der Waals surface area contributed by atoms with Crippen LogP contribution in [0.5, 0.6) is 11.5 Å². The van der Waals surface area contributed by atoms with E-state index in [0.717, 1.165) is 0 Å². The topological polar surface area (TPSA) is 40.5 Å². The van der Waals surface area contributed by atoms with Gasteiger partial charge in [0.2, 0.25) is 0 Å². The minimum atomic E-state index is 0. The second kappa shape index (κ2) is 6.74. The fourth-order valence-electron chi connectivity index (χ4n) is 1.40. The zero-order valence-electron chi connectivity index (χ0n) is 11.5. The Balaban J connectivity index is -0.000000562. The average molecular weight is 202 g/mol. The third kappa shape index (κ3) is 3.11. The zero-order valence-corrected chi connectivity index (χ0v) is 9.51. The summed E-state index contributed by atoms with van der Waals surface area (Å²) in [7, 11) is 0. The predicted molar refractivity (Wildman–Crippen MR) is 57.4 cm³/mol. The van der Waals surface area contributed by atoms with Crippen molar-refractivity contribution in [3.8, 4) is 22.6 Å². The van der Waals surface area contributed by atoms with Gasteiger partial charge in [-0.1, -0.05) is 36.4 Å². The molecule has 0 aliphatic rings. The molecule has 0 aromatic heterocycles. The zero-order chi connectivity index (χ0) is 9.97. The largest absolute Gasteiger partial charge is 1.00 e. The predicted octanol–water partition coefficient (Wildman–Crippen LogP) is -3.00. The molecule has 0 atom stereocenters. The van der Waals surface area contributed by atoms with E-state index in [9.17, 15) is 10.2 Å². The van der Waals surface area contributed by atoms with Gasteiger partial charge >= 0.3 is 37.7 Å². The van der Waals surface area contributed by atoms with E-state index < -0.39 is 0 Å². The van der Waals surface area contributed by atoms with Crippen LogP contribution in [0, 0.1) is 0 Å². The van der Waals surface area contributed by atoms with E-state index in [1.165, 1.54) is 0 Å². The maximum Gasteiger partial charge on any atom is 1.00 e. The summed E-state index contributed by atoms with van der Waals surface area (Å²) in [6.07, 6.45) is 0. The first-order chi connectivity index (χ1) is 6.79. The summed E-state index contributed by atoms with van der Waals surface area (Å²) in [5.74, 6) is 0.350. The van der Waals surface area contributed by atoms with Crippen molar-refractivity contribution in [3.05, 3.63) is 48.5 Å². The van der Waals surface area contributed by atoms with Crippen LogP contribution in [0.1, 0.15) is 2.85 Å². The fourth-order valence-corrected chi connectivity index (χ4v) is 1.40. The van der Waals surface area contributed by atoms with Crippen LogP contribution in [0.3, 0.4) is 0 Å². The summed E-state index contributed by atoms with van der Waals surface area (Å²) in [6, 6.07) is 13.9. The van der Waals surface area contributed by atoms with Gasteiger partial charge in [0.15, 0.2) is 0 Å². The number of para-hydroxylation sites is 2. The molecule has 0 fully saturated rings. The maximum atomic E-state index is 9.58. The number of hydrogen-bond acceptors (Lipinski definition) is 2. The van der Waals surface area contributed by atoms with E-state index in [1.54, 1.807) is 36.4 Å². The summed E-state index contributed by atoms with van der Waals surface area (Å²) in [4.78, 5) is 0. The van der Waals surface area contributed by atoms with Gasteiger partial charge in [0.25, 0.3) is 0 Å². The maximum absolute atomic E-state index is 9.58. The summed E-state index contributed by atoms with van der Waals surface area (Å²) >= 11 is 0. The Hall–Kier alpha value is -0.765. The Morgan fingerprint density at radius 1 is 0.625 bits per heavy atom. The molecule has 0 saturated heterocycles. The normalized spacial score (nSPS) is 8.75. The second-order valence-electron chi connectivity index (χ2n) is 3.03. The molecule has 0 radical (unpaired) electrons. The van der Waals surface area contributed by atoms with E-state index in [0.29, 0.717) is 11.1 Å². The molecular weight excluding hydrogens is 190 g/mol. The van der Waals surface area contributed by atoms with Crippen molar-refractivity contribution in [2.45, 2.75) is 0 Å². The summed E-state index contributed by atoms with van der Waals surface area (Å²) in [5.41, 5.74) is 1.29. The van der Waals surface area contributed by atoms with Gasteiger partial charge in [-0.2, -0.15) is 0 Å². The van der Waals surface area contributed by atoms with Crippen molar-refractivity contribution in [3.63, 3.8) is 0 Å². The van der Waals surface area contributed by atoms with Crippen LogP contribution < -0.4 is 37.7 Å². The monoisotopic (exact) mass is 202 g/mol. The molecule has 16 heavy (non-hydrogen) atoms. The van der Waals surface area contributed by atoms with Crippen LogP contribution in [-0.2, 0) is 0 Å². The van der Waals surface area contributed by atoms with Crippen LogP contribution in [0.25, 0.3) is 11.1 Å². The smallest absolute Gasteiger partial charge is 1.00 e. The van der Waals surface area contributed by atoms with Crippen molar-refractivity contribution >= 4 is 0 Å². The molecule has 2 aromatic rings. The van der Waals surface area contributed by atoms with Gasteiger partial charge in [0.05, 0.1) is 0 Å². The Labute approximate surface area is 122 Å². The molecule has 74 valence electrons. The molecule has 2 rings (SSSR count). The summed E-state index contributed by atoms with van der Waals surface area (Å²) < 4.78 is 0. The Morgan fingerprint density at radius 3 is 1.25 bits per heavy atom. The third-order valence-electron chi connectivity index (χ3n) is 2.10. The standard InChI is InChI=1S/C12H10O2.2Li.2H/c13-11-7-3-1-5-9(11)10-6-2-4-8-12(10)14;;;;/h1-8,13-14H;;;;/q;2*+1;2*-1. The Kier molecular flexibility index (Phi) is 6.42. The van der Waals surface area contributed by atoms with Crippen LogP contribution in [0.15, 0.2) is 48.5 Å². The minimum Gasteiger partial charge on any atom is -1.00 e. The number of benzene rings is 2. The van der Waals surface area contributed by atoms with Gasteiger partial charge in [-0.05, 0) is 12.1 Å². The van der Waals surface area contributed by atoms with Gasteiger partial charge in [-0.3, -0.25) is 0 Å². The fraction of sp³-hybridized carbons (Fsp3) is 0. The summed E-state index contributed by atoms with van der Waals surface area (Å²) in [6.45, 7) is 0. The van der Waals surface area contributed by atoms with E-state index >= 15 is 0 Å². The van der Waals surface area contributed by atoms with Crippen molar-refractivity contribution in [1.82, 2.24) is 0 Å². The van der Waals surface area contributed by atoms with Gasteiger partial charge in [0.1, 0.15) is 11.5 Å². The Morgan fingerprint density at radius 2 is 0.938 bits per heavy atom. The van der Waals surface area contributed by atoms with Gasteiger partial charge in [-0.25, -0.2) is 0 Å². The van der Waals surface area contributed by atoms with E-state index in [4.69, 9.17) is 0 Å². The van der Waals surface area contributed by atoms with E-state index in [1.807, 2.05) is 12.1 Å². The van der Waals surface area contributed by atoms with Crippen LogP contribution in [0.2, 0.25) is 0 Å². The van der Waals surface area contributed by atoms with Crippen molar-refractivity contribution < 1.29 is 50.8 Å². The van der Waals surface area contributed by atoms with Gasteiger partial charge in [-0.15, -0.1) is 0 Å². The van der Waals surface area contributed by atoms with Crippen molar-refractivity contribution in [2.24, 2.45) is 0 Å². The number of phenolic OH excluding ortho intramolecular Hbond substituents is 2. The molecule has 0 saturated carbocycles. The van der Waals surface area contributed by atoms with Crippen molar-refractivity contribution in [2.75, 3.05) is 0 Å². The van der Waals surface area contributed by atoms with Gasteiger partial charge in [0, 0.05) is 11.1 Å². The SMILES string of the molecule is Oc1ccccc1-c1ccccc1O.[H-].[H-].[Li+].[Li+]. The van der Waals surface area contributed by atoms with Crippen LogP contribution in [0.4, 0.5) is 0 Å². The van der Waals surface area contributed by atoms with Crippen molar-refractivity contribution in [1.29, 1.82) is 0 Å². The van der Waals surface area contributed by atoms with Crippen LogP contribution in [-0.4, -0.2) is 10.2 Å². The number of hydrogen-bond donors (Lipinski definition) is 2. The number of rotatable bonds is 1. The first-order valence-electron chi connectivity index (χ1n) is 4.35. The number of aromatic hydroxyl groups is 2. The molecule has 4 heteroatoms. The number of phenols is 2. The molecule has 2 N–H and O–H groups in total. The molecule has 0 spiro atoms. The molecular formula is C12H12Li2O2. The summed E-state index contributed by atoms with van der Waals surface area (Å²) in [5, 5.41) is 19.2. The minimum absolute atomic E-state index is 0. The second-order valence-corrected chi connectivity index (χ2v) is 3.03. The molecule has 0 aliphatic carbocycles. The molecule has 0 unspecified atom stereocenters. The van der Waals surface area contributed by atoms with Gasteiger partial charge < -0.3 is 13.1 Å². The van der Waals surface area contributed by atoms with E-state index in [2.05, 4.69) is 0 Å². The third-order valence-corrected chi connectivity index (χ3v) is 2.10. The quantitative estimate of drug-likeness (QED) is 0.484. The first kappa shape index (κ1) is 15.2. The first-order valence-corrected chi connectivity index (χ1v) is 4.35. The van der Waals surface area contributed by atoms with Crippen LogP contribution >= 0.6 is 0 Å². The molecule has 2 nitrogen and oxygen atoms in total.